The Labute approximate surface area is 151 Å². The van der Waals surface area contributed by atoms with Crippen LogP contribution in [0.15, 0.2) is 29.2 Å². The lowest BCUT2D eigenvalue weighted by Crippen LogP contribution is -2.21. The largest absolute Gasteiger partial charge is 0.504 e. The Bertz CT molecular complexity index is 737. The minimum Gasteiger partial charge on any atom is -0.504 e. The molecule has 0 bridgehead atoms. The van der Waals surface area contributed by atoms with Crippen LogP contribution >= 0.6 is 22.1 Å². The summed E-state index contributed by atoms with van der Waals surface area (Å²) in [4.78, 5) is 0. The molecule has 5 heteroatoms. The molecule has 0 saturated carbocycles. The molecule has 0 saturated heterocycles. The van der Waals surface area contributed by atoms with E-state index >= 15 is 0 Å². The Kier molecular flexibility index (Phi) is 5.38. The van der Waals surface area contributed by atoms with Crippen molar-refractivity contribution in [2.75, 3.05) is 18.8 Å². The highest BCUT2D eigenvalue weighted by atomic mass is 35.5. The molecular weight excluding hydrogens is 342 g/mol. The van der Waals surface area contributed by atoms with Crippen LogP contribution in [0.4, 0.5) is 0 Å². The van der Waals surface area contributed by atoms with Crippen LogP contribution in [0, 0.1) is 5.92 Å². The fraction of sp³-hybridized carbons (Fsp3) is 0.421. The van der Waals surface area contributed by atoms with E-state index in [0.29, 0.717) is 5.92 Å². The van der Waals surface area contributed by atoms with Gasteiger partial charge in [0.1, 0.15) is 0 Å². The summed E-state index contributed by atoms with van der Waals surface area (Å²) in [6.45, 7) is 6.11. The monoisotopic (exact) mass is 365 g/mol. The summed E-state index contributed by atoms with van der Waals surface area (Å²) in [5.41, 5.74) is 3.16. The first kappa shape index (κ1) is 17.6. The van der Waals surface area contributed by atoms with Crippen molar-refractivity contribution < 1.29 is 10.2 Å². The molecule has 1 aromatic carbocycles. The fourth-order valence-electron chi connectivity index (χ4n) is 3.28. The van der Waals surface area contributed by atoms with Gasteiger partial charge in [0, 0.05) is 12.5 Å². The first-order chi connectivity index (χ1) is 11.5. The Hall–Kier alpha value is -1.23. The summed E-state index contributed by atoms with van der Waals surface area (Å²) in [6.07, 6.45) is 5.17. The Morgan fingerprint density at radius 3 is 2.83 bits per heavy atom. The van der Waals surface area contributed by atoms with Crippen molar-refractivity contribution in [2.45, 2.75) is 26.2 Å². The van der Waals surface area contributed by atoms with Crippen LogP contribution < -0.4 is 5.32 Å². The molecular formula is C19H24ClNO2S. The summed E-state index contributed by atoms with van der Waals surface area (Å²) >= 11 is 6.29. The van der Waals surface area contributed by atoms with Gasteiger partial charge < -0.3 is 15.5 Å². The fourth-order valence-corrected chi connectivity index (χ4v) is 5.33. The number of benzene rings is 1. The van der Waals surface area contributed by atoms with Gasteiger partial charge >= 0.3 is 0 Å². The van der Waals surface area contributed by atoms with Crippen molar-refractivity contribution in [3.05, 3.63) is 45.3 Å². The number of nitrogens with one attached hydrogen (secondary N) is 1. The van der Waals surface area contributed by atoms with E-state index in [1.165, 1.54) is 11.3 Å². The first-order valence-corrected chi connectivity index (χ1v) is 10.2. The summed E-state index contributed by atoms with van der Waals surface area (Å²) < 4.78 is 0. The zero-order chi connectivity index (χ0) is 17.3. The quantitative estimate of drug-likeness (QED) is 0.556. The lowest BCUT2D eigenvalue weighted by molar-refractivity contribution is 0.402. The standard InChI is InChI=1S/C19H24ClNO2S/c1-12(2)11-24-7-4-13(5-8-24)16-10-21-6-3-14-15(16)9-17(22)19(23)18(14)20/h4-5,7-9,12,16,21-23H,3,6,10-11H2,1-2H3. The number of hydrogen-bond donors (Lipinski definition) is 3. The predicted octanol–water partition coefficient (Wildman–Crippen LogP) is 4.16. The Morgan fingerprint density at radius 2 is 2.17 bits per heavy atom. The van der Waals surface area contributed by atoms with E-state index in [0.717, 1.165) is 30.6 Å². The van der Waals surface area contributed by atoms with E-state index in [-0.39, 0.29) is 32.9 Å². The summed E-state index contributed by atoms with van der Waals surface area (Å²) in [5, 5.41) is 28.2. The normalized spacial score (nSPS) is 23.4. The van der Waals surface area contributed by atoms with Gasteiger partial charge in [0.25, 0.3) is 0 Å². The predicted molar refractivity (Wildman–Crippen MR) is 105 cm³/mol. The summed E-state index contributed by atoms with van der Waals surface area (Å²) in [6, 6.07) is 1.67. The van der Waals surface area contributed by atoms with Crippen LogP contribution in [0.25, 0.3) is 0 Å². The lowest BCUT2D eigenvalue weighted by atomic mass is 9.87. The Balaban J connectivity index is 1.98. The van der Waals surface area contributed by atoms with Gasteiger partial charge in [-0.05, 0) is 58.2 Å². The van der Waals surface area contributed by atoms with Gasteiger partial charge in [-0.3, -0.25) is 0 Å². The van der Waals surface area contributed by atoms with Crippen molar-refractivity contribution in [2.24, 2.45) is 5.92 Å². The molecule has 0 fully saturated rings. The third-order valence-corrected chi connectivity index (χ3v) is 6.86. The molecule has 2 aliphatic rings. The number of phenolic OH excluding ortho intramolecular Hbond substituents is 2. The molecule has 0 aliphatic carbocycles. The van der Waals surface area contributed by atoms with E-state index < -0.39 is 0 Å². The van der Waals surface area contributed by atoms with Gasteiger partial charge in [-0.15, -0.1) is 0 Å². The third kappa shape index (κ3) is 3.56. The molecule has 24 heavy (non-hydrogen) atoms. The maximum absolute atomic E-state index is 10.0. The number of halogens is 1. The van der Waals surface area contributed by atoms with Crippen molar-refractivity contribution in [3.8, 4) is 11.5 Å². The van der Waals surface area contributed by atoms with Crippen molar-refractivity contribution in [1.29, 1.82) is 0 Å². The molecule has 2 unspecified atom stereocenters. The molecule has 0 spiro atoms. The van der Waals surface area contributed by atoms with Crippen molar-refractivity contribution >= 4 is 27.5 Å². The van der Waals surface area contributed by atoms with Crippen LogP contribution in [0.1, 0.15) is 30.9 Å². The van der Waals surface area contributed by atoms with Gasteiger partial charge in [0.05, 0.1) is 5.02 Å². The van der Waals surface area contributed by atoms with Crippen molar-refractivity contribution in [3.63, 3.8) is 0 Å². The second-order valence-corrected chi connectivity index (χ2v) is 8.96. The van der Waals surface area contributed by atoms with Gasteiger partial charge in [-0.25, -0.2) is 0 Å². The molecule has 3 nitrogen and oxygen atoms in total. The molecule has 2 atom stereocenters. The molecule has 1 aromatic rings. The highest BCUT2D eigenvalue weighted by Crippen LogP contribution is 2.43. The van der Waals surface area contributed by atoms with Crippen LogP contribution in [0.2, 0.25) is 5.02 Å². The smallest absolute Gasteiger partial charge is 0.176 e. The zero-order valence-electron chi connectivity index (χ0n) is 14.1. The second kappa shape index (κ2) is 7.34. The molecule has 0 aromatic heterocycles. The SMILES string of the molecule is CC(C)CS1=CC=C(C2CNCCc3c2cc(O)c(O)c3Cl)C=C1. The van der Waals surface area contributed by atoms with E-state index in [9.17, 15) is 10.2 Å². The van der Waals surface area contributed by atoms with Gasteiger partial charge in [0.2, 0.25) is 0 Å². The average Bonchev–Trinajstić information content (AvgIpc) is 2.76. The molecule has 130 valence electrons. The summed E-state index contributed by atoms with van der Waals surface area (Å²) in [5.74, 6) is 1.64. The molecule has 2 aliphatic heterocycles. The average molecular weight is 366 g/mol. The van der Waals surface area contributed by atoms with Gasteiger partial charge in [-0.2, -0.15) is 10.5 Å². The molecule has 3 rings (SSSR count). The minimum atomic E-state index is -0.214. The molecule has 0 amide bonds. The third-order valence-electron chi connectivity index (χ3n) is 4.43. The minimum absolute atomic E-state index is 0.129. The highest BCUT2D eigenvalue weighted by Gasteiger charge is 2.26. The number of phenols is 2. The molecule has 3 N–H and O–H groups in total. The number of fused-ring (bicyclic) bond motifs is 1. The zero-order valence-corrected chi connectivity index (χ0v) is 15.6. The number of rotatable bonds is 3. The van der Waals surface area contributed by atoms with E-state index in [4.69, 9.17) is 11.6 Å². The Morgan fingerprint density at radius 1 is 1.38 bits per heavy atom. The second-order valence-electron chi connectivity index (χ2n) is 6.77. The van der Waals surface area contributed by atoms with Crippen LogP contribution in [0.3, 0.4) is 0 Å². The molecule has 0 radical (unpaired) electrons. The maximum Gasteiger partial charge on any atom is 0.176 e. The number of aromatic hydroxyl groups is 2. The van der Waals surface area contributed by atoms with Gasteiger partial charge in [-0.1, -0.05) is 37.6 Å². The van der Waals surface area contributed by atoms with E-state index in [2.05, 4.69) is 42.1 Å². The number of hydrogen-bond acceptors (Lipinski definition) is 3. The molecule has 2 heterocycles. The summed E-state index contributed by atoms with van der Waals surface area (Å²) in [7, 11) is 0.208. The van der Waals surface area contributed by atoms with E-state index in [1.54, 1.807) is 6.07 Å². The van der Waals surface area contributed by atoms with Crippen LogP contribution in [-0.4, -0.2) is 34.4 Å². The van der Waals surface area contributed by atoms with E-state index in [1.807, 2.05) is 0 Å². The lowest BCUT2D eigenvalue weighted by Gasteiger charge is -2.22. The number of allylic oxidation sites excluding steroid dienone is 2. The van der Waals surface area contributed by atoms with Gasteiger partial charge in [0.15, 0.2) is 11.5 Å². The topological polar surface area (TPSA) is 52.5 Å². The van der Waals surface area contributed by atoms with Crippen molar-refractivity contribution in [1.82, 2.24) is 5.32 Å². The first-order valence-electron chi connectivity index (χ1n) is 8.33. The van der Waals surface area contributed by atoms with Crippen LogP contribution in [0.5, 0.6) is 11.5 Å². The maximum atomic E-state index is 10.0. The van der Waals surface area contributed by atoms with Crippen LogP contribution in [-0.2, 0) is 6.42 Å². The highest BCUT2D eigenvalue weighted by molar-refractivity contribution is 8.17.